The number of carbonyl (C=O) groups is 1. The van der Waals surface area contributed by atoms with Gasteiger partial charge >= 0.3 is 0 Å². The summed E-state index contributed by atoms with van der Waals surface area (Å²) in [6, 6.07) is 0.384. The SMILES string of the molecule is Cc1nccnc1CN1CC[C@]2(CCCN(C3CCOCC3)C2=O)C1. The van der Waals surface area contributed by atoms with Crippen LogP contribution in [-0.2, 0) is 16.1 Å². The Bertz CT molecular complexity index is 632. The number of likely N-dealkylation sites (tertiary alicyclic amines) is 2. The second-order valence-electron chi connectivity index (χ2n) is 7.78. The minimum atomic E-state index is -0.174. The van der Waals surface area contributed by atoms with E-state index in [4.69, 9.17) is 4.74 Å². The topological polar surface area (TPSA) is 58.6 Å². The van der Waals surface area contributed by atoms with Crippen LogP contribution in [-0.4, -0.2) is 64.6 Å². The molecule has 1 aromatic rings. The van der Waals surface area contributed by atoms with Crippen molar-refractivity contribution in [1.82, 2.24) is 19.8 Å². The zero-order chi connectivity index (χ0) is 17.3. The monoisotopic (exact) mass is 344 g/mol. The van der Waals surface area contributed by atoms with Gasteiger partial charge in [0, 0.05) is 51.3 Å². The Labute approximate surface area is 149 Å². The van der Waals surface area contributed by atoms with Crippen molar-refractivity contribution in [3.8, 4) is 0 Å². The van der Waals surface area contributed by atoms with Crippen LogP contribution in [0.5, 0.6) is 0 Å². The van der Waals surface area contributed by atoms with Crippen molar-refractivity contribution in [3.05, 3.63) is 23.8 Å². The molecule has 0 aromatic carbocycles. The highest BCUT2D eigenvalue weighted by atomic mass is 16.5. The fourth-order valence-corrected chi connectivity index (χ4v) is 4.72. The molecule has 0 unspecified atom stereocenters. The van der Waals surface area contributed by atoms with E-state index in [0.717, 1.165) is 82.9 Å². The minimum Gasteiger partial charge on any atom is -0.381 e. The molecule has 1 atom stereocenters. The van der Waals surface area contributed by atoms with Gasteiger partial charge in [-0.2, -0.15) is 0 Å². The predicted octanol–water partition coefficient (Wildman–Crippen LogP) is 1.78. The predicted molar refractivity (Wildman–Crippen MR) is 93.9 cm³/mol. The number of ether oxygens (including phenoxy) is 1. The molecule has 0 radical (unpaired) electrons. The summed E-state index contributed by atoms with van der Waals surface area (Å²) in [6.45, 7) is 7.15. The summed E-state index contributed by atoms with van der Waals surface area (Å²) in [5.41, 5.74) is 1.85. The number of hydrogen-bond donors (Lipinski definition) is 0. The standard InChI is InChI=1S/C19H28N4O2/c1-15-17(21-8-7-20-15)13-22-10-6-19(14-22)5-2-9-23(18(19)24)16-3-11-25-12-4-16/h7-8,16H,2-6,9-14H2,1H3/t19-/m1/s1. The lowest BCUT2D eigenvalue weighted by molar-refractivity contribution is -0.150. The van der Waals surface area contributed by atoms with Gasteiger partial charge < -0.3 is 9.64 Å². The molecule has 6 heteroatoms. The van der Waals surface area contributed by atoms with Gasteiger partial charge in [0.2, 0.25) is 5.91 Å². The number of amides is 1. The Hall–Kier alpha value is -1.53. The lowest BCUT2D eigenvalue weighted by atomic mass is 9.77. The fraction of sp³-hybridized carbons (Fsp3) is 0.737. The van der Waals surface area contributed by atoms with Gasteiger partial charge in [-0.05, 0) is 45.6 Å². The van der Waals surface area contributed by atoms with Crippen molar-refractivity contribution >= 4 is 5.91 Å². The minimum absolute atomic E-state index is 0.174. The lowest BCUT2D eigenvalue weighted by Gasteiger charge is -2.44. The van der Waals surface area contributed by atoms with Gasteiger partial charge in [0.1, 0.15) is 0 Å². The van der Waals surface area contributed by atoms with Crippen LogP contribution in [0.1, 0.15) is 43.5 Å². The van der Waals surface area contributed by atoms with Crippen LogP contribution in [0.4, 0.5) is 0 Å². The Morgan fingerprint density at radius 2 is 2.00 bits per heavy atom. The van der Waals surface area contributed by atoms with Crippen molar-refractivity contribution < 1.29 is 9.53 Å². The van der Waals surface area contributed by atoms with Crippen molar-refractivity contribution in [2.75, 3.05) is 32.8 Å². The summed E-state index contributed by atoms with van der Waals surface area (Å²) >= 11 is 0. The summed E-state index contributed by atoms with van der Waals surface area (Å²) in [7, 11) is 0. The van der Waals surface area contributed by atoms with Gasteiger partial charge in [-0.3, -0.25) is 19.7 Å². The maximum absolute atomic E-state index is 13.3. The van der Waals surface area contributed by atoms with Gasteiger partial charge in [-0.15, -0.1) is 0 Å². The number of piperidine rings is 1. The molecule has 3 aliphatic heterocycles. The van der Waals surface area contributed by atoms with Crippen LogP contribution in [0.3, 0.4) is 0 Å². The number of aromatic nitrogens is 2. The first-order valence-electron chi connectivity index (χ1n) is 9.56. The average molecular weight is 344 g/mol. The van der Waals surface area contributed by atoms with E-state index < -0.39 is 0 Å². The summed E-state index contributed by atoms with van der Waals surface area (Å²) < 4.78 is 5.48. The van der Waals surface area contributed by atoms with Gasteiger partial charge in [0.15, 0.2) is 0 Å². The van der Waals surface area contributed by atoms with Gasteiger partial charge in [0.25, 0.3) is 0 Å². The summed E-state index contributed by atoms with van der Waals surface area (Å²) in [6.07, 6.45) is 8.61. The van der Waals surface area contributed by atoms with Crippen LogP contribution in [0.2, 0.25) is 0 Å². The zero-order valence-corrected chi connectivity index (χ0v) is 15.1. The Morgan fingerprint density at radius 1 is 1.20 bits per heavy atom. The number of aryl methyl sites for hydroxylation is 1. The van der Waals surface area contributed by atoms with Gasteiger partial charge in [-0.25, -0.2) is 0 Å². The molecule has 0 bridgehead atoms. The highest BCUT2D eigenvalue weighted by Gasteiger charge is 2.49. The number of rotatable bonds is 3. The smallest absolute Gasteiger partial charge is 0.230 e. The molecule has 136 valence electrons. The molecule has 0 saturated carbocycles. The molecule has 3 fully saturated rings. The van der Waals surface area contributed by atoms with Crippen molar-refractivity contribution in [3.63, 3.8) is 0 Å². The van der Waals surface area contributed by atoms with E-state index in [1.807, 2.05) is 6.92 Å². The maximum atomic E-state index is 13.3. The first-order chi connectivity index (χ1) is 12.2. The molecular weight excluding hydrogens is 316 g/mol. The van der Waals surface area contributed by atoms with E-state index >= 15 is 0 Å². The van der Waals surface area contributed by atoms with E-state index in [2.05, 4.69) is 19.8 Å². The third-order valence-electron chi connectivity index (χ3n) is 6.19. The van der Waals surface area contributed by atoms with Gasteiger partial charge in [-0.1, -0.05) is 0 Å². The Morgan fingerprint density at radius 3 is 2.80 bits per heavy atom. The normalized spacial score (nSPS) is 28.8. The zero-order valence-electron chi connectivity index (χ0n) is 15.1. The molecular formula is C19H28N4O2. The van der Waals surface area contributed by atoms with Crippen molar-refractivity contribution in [1.29, 1.82) is 0 Å². The molecule has 6 nitrogen and oxygen atoms in total. The molecule has 3 aliphatic rings. The average Bonchev–Trinajstić information content (AvgIpc) is 3.04. The first-order valence-corrected chi connectivity index (χ1v) is 9.56. The molecule has 25 heavy (non-hydrogen) atoms. The van der Waals surface area contributed by atoms with Crippen LogP contribution < -0.4 is 0 Å². The molecule has 1 spiro atoms. The van der Waals surface area contributed by atoms with Crippen LogP contribution in [0, 0.1) is 12.3 Å². The second kappa shape index (κ2) is 7.00. The van der Waals surface area contributed by atoms with Crippen LogP contribution in [0.25, 0.3) is 0 Å². The van der Waals surface area contributed by atoms with E-state index in [1.165, 1.54) is 0 Å². The van der Waals surface area contributed by atoms with Crippen LogP contribution >= 0.6 is 0 Å². The first kappa shape index (κ1) is 16.9. The van der Waals surface area contributed by atoms with Crippen LogP contribution in [0.15, 0.2) is 12.4 Å². The van der Waals surface area contributed by atoms with E-state index in [1.54, 1.807) is 12.4 Å². The van der Waals surface area contributed by atoms with E-state index in [0.29, 0.717) is 11.9 Å². The third kappa shape index (κ3) is 3.29. The highest BCUT2D eigenvalue weighted by Crippen LogP contribution is 2.41. The maximum Gasteiger partial charge on any atom is 0.230 e. The van der Waals surface area contributed by atoms with Crippen molar-refractivity contribution in [2.24, 2.45) is 5.41 Å². The largest absolute Gasteiger partial charge is 0.381 e. The molecule has 4 heterocycles. The fourth-order valence-electron chi connectivity index (χ4n) is 4.72. The quantitative estimate of drug-likeness (QED) is 0.836. The Kier molecular flexibility index (Phi) is 4.73. The number of hydrogen-bond acceptors (Lipinski definition) is 5. The molecule has 0 N–H and O–H groups in total. The summed E-state index contributed by atoms with van der Waals surface area (Å²) in [5, 5.41) is 0. The summed E-state index contributed by atoms with van der Waals surface area (Å²) in [4.78, 5) is 26.7. The van der Waals surface area contributed by atoms with Gasteiger partial charge in [0.05, 0.1) is 16.8 Å². The number of carbonyl (C=O) groups excluding carboxylic acids is 1. The molecule has 1 amide bonds. The lowest BCUT2D eigenvalue weighted by Crippen LogP contribution is -2.54. The highest BCUT2D eigenvalue weighted by molar-refractivity contribution is 5.84. The van der Waals surface area contributed by atoms with E-state index in [-0.39, 0.29) is 5.41 Å². The number of nitrogens with zero attached hydrogens (tertiary/aromatic N) is 4. The molecule has 0 aliphatic carbocycles. The van der Waals surface area contributed by atoms with E-state index in [9.17, 15) is 4.79 Å². The van der Waals surface area contributed by atoms with Crippen molar-refractivity contribution in [2.45, 2.75) is 51.6 Å². The molecule has 3 saturated heterocycles. The molecule has 1 aromatic heterocycles. The third-order valence-corrected chi connectivity index (χ3v) is 6.19. The Balaban J connectivity index is 1.45. The second-order valence-corrected chi connectivity index (χ2v) is 7.78. The molecule has 4 rings (SSSR count). The summed E-state index contributed by atoms with van der Waals surface area (Å²) in [5.74, 6) is 0.393.